The van der Waals surface area contributed by atoms with Crippen LogP contribution in [0.5, 0.6) is 0 Å². The van der Waals surface area contributed by atoms with Crippen molar-refractivity contribution in [3.05, 3.63) is 35.4 Å². The summed E-state index contributed by atoms with van der Waals surface area (Å²) in [6.45, 7) is 1.21. The predicted molar refractivity (Wildman–Crippen MR) is 85.9 cm³/mol. The van der Waals surface area contributed by atoms with Gasteiger partial charge in [-0.2, -0.15) is 0 Å². The zero-order valence-corrected chi connectivity index (χ0v) is 13.7. The lowest BCUT2D eigenvalue weighted by Crippen LogP contribution is -2.52. The largest absolute Gasteiger partial charge is 0.388 e. The molecule has 2 N–H and O–H groups in total. The van der Waals surface area contributed by atoms with E-state index < -0.39 is 5.60 Å². The minimum absolute atomic E-state index is 0.0109. The number of β-amino-alcohol motifs (C(OH)–C–C–N with tert-alkyl or cyclic N) is 1. The van der Waals surface area contributed by atoms with Crippen molar-refractivity contribution in [1.29, 1.82) is 0 Å². The molecule has 6 heteroatoms. The lowest BCUT2D eigenvalue weighted by molar-refractivity contribution is -0.127. The van der Waals surface area contributed by atoms with Crippen LogP contribution in [0.15, 0.2) is 24.3 Å². The number of methoxy groups -OCH3 is 1. The van der Waals surface area contributed by atoms with Gasteiger partial charge in [0, 0.05) is 26.3 Å². The Hall–Kier alpha value is -1.92. The summed E-state index contributed by atoms with van der Waals surface area (Å²) in [6, 6.07) is 7.28. The highest BCUT2D eigenvalue weighted by molar-refractivity contribution is 5.94. The first-order valence-electron chi connectivity index (χ1n) is 7.77. The minimum Gasteiger partial charge on any atom is -0.388 e. The van der Waals surface area contributed by atoms with Gasteiger partial charge in [-0.05, 0) is 30.5 Å². The molecule has 23 heavy (non-hydrogen) atoms. The van der Waals surface area contributed by atoms with Gasteiger partial charge in [0.2, 0.25) is 5.91 Å². The van der Waals surface area contributed by atoms with Gasteiger partial charge in [0.05, 0.1) is 25.2 Å². The summed E-state index contributed by atoms with van der Waals surface area (Å²) in [4.78, 5) is 25.9. The van der Waals surface area contributed by atoms with E-state index in [0.717, 1.165) is 5.56 Å². The first-order chi connectivity index (χ1) is 11.0. The zero-order chi connectivity index (χ0) is 16.9. The molecule has 126 valence electrons. The summed E-state index contributed by atoms with van der Waals surface area (Å²) in [5.41, 5.74) is 0.345. The van der Waals surface area contributed by atoms with E-state index >= 15 is 0 Å². The first-order valence-corrected chi connectivity index (χ1v) is 7.77. The molecule has 1 heterocycles. The number of piperidine rings is 1. The lowest BCUT2D eigenvalue weighted by Gasteiger charge is -2.38. The van der Waals surface area contributed by atoms with Crippen molar-refractivity contribution >= 4 is 11.8 Å². The van der Waals surface area contributed by atoms with Gasteiger partial charge >= 0.3 is 0 Å². The number of nitrogens with one attached hydrogen (secondary N) is 1. The van der Waals surface area contributed by atoms with Crippen LogP contribution in [0.1, 0.15) is 35.2 Å². The molecular formula is C17H24N2O4. The molecule has 1 aromatic carbocycles. The maximum Gasteiger partial charge on any atom is 0.253 e. The van der Waals surface area contributed by atoms with Crippen molar-refractivity contribution in [2.75, 3.05) is 27.2 Å². The minimum atomic E-state index is -1.15. The third kappa shape index (κ3) is 4.53. The topological polar surface area (TPSA) is 78.9 Å². The van der Waals surface area contributed by atoms with Crippen LogP contribution in [-0.4, -0.2) is 54.7 Å². The number of ether oxygens (including phenoxy) is 1. The van der Waals surface area contributed by atoms with E-state index in [4.69, 9.17) is 4.74 Å². The van der Waals surface area contributed by atoms with Crippen molar-refractivity contribution < 1.29 is 19.4 Å². The van der Waals surface area contributed by atoms with Crippen LogP contribution in [0.25, 0.3) is 0 Å². The van der Waals surface area contributed by atoms with Crippen LogP contribution < -0.4 is 5.32 Å². The molecule has 2 rings (SSSR count). The zero-order valence-electron chi connectivity index (χ0n) is 13.7. The Balaban J connectivity index is 2.10. The van der Waals surface area contributed by atoms with E-state index in [-0.39, 0.29) is 24.8 Å². The highest BCUT2D eigenvalue weighted by Crippen LogP contribution is 2.25. The number of hydrogen-bond donors (Lipinski definition) is 2. The number of rotatable bonds is 5. The molecule has 1 atom stereocenters. The molecule has 0 spiro atoms. The van der Waals surface area contributed by atoms with E-state index in [9.17, 15) is 14.7 Å². The molecule has 1 aliphatic heterocycles. The van der Waals surface area contributed by atoms with Crippen molar-refractivity contribution in [1.82, 2.24) is 10.2 Å². The molecule has 1 aliphatic rings. The summed E-state index contributed by atoms with van der Waals surface area (Å²) < 4.78 is 5.09. The molecule has 0 bridgehead atoms. The number of amides is 2. The molecule has 0 radical (unpaired) electrons. The number of aliphatic hydroxyl groups is 1. The van der Waals surface area contributed by atoms with Crippen LogP contribution in [0.4, 0.5) is 0 Å². The summed E-state index contributed by atoms with van der Waals surface area (Å²) in [6.07, 6.45) is 1.21. The standard InChI is InChI=1S/C17H24N2O4/c1-18-15(20)10-17(22)7-4-8-19(12-17)16(21)14-6-3-5-13(9-14)11-23-2/h3,5-6,9,22H,4,7-8,10-12H2,1-2H3,(H,18,20). The number of carbonyl (C=O) groups is 2. The normalized spacial score (nSPS) is 21.1. The molecule has 1 aromatic rings. The SMILES string of the molecule is CNC(=O)CC1(O)CCCN(C(=O)c2cccc(COC)c2)C1. The molecule has 0 aromatic heterocycles. The van der Waals surface area contributed by atoms with Gasteiger partial charge in [0.25, 0.3) is 5.91 Å². The summed E-state index contributed by atoms with van der Waals surface area (Å²) >= 11 is 0. The quantitative estimate of drug-likeness (QED) is 0.846. The Kier molecular flexibility index (Phi) is 5.74. The molecule has 1 saturated heterocycles. The van der Waals surface area contributed by atoms with E-state index in [0.29, 0.717) is 31.6 Å². The molecular weight excluding hydrogens is 296 g/mol. The van der Waals surface area contributed by atoms with Gasteiger partial charge in [-0.3, -0.25) is 9.59 Å². The van der Waals surface area contributed by atoms with Crippen LogP contribution >= 0.6 is 0 Å². The van der Waals surface area contributed by atoms with Crippen LogP contribution in [0, 0.1) is 0 Å². The average molecular weight is 320 g/mol. The number of likely N-dealkylation sites (tertiary alicyclic amines) is 1. The molecule has 1 fully saturated rings. The monoisotopic (exact) mass is 320 g/mol. The van der Waals surface area contributed by atoms with Crippen LogP contribution in [-0.2, 0) is 16.1 Å². The summed E-state index contributed by atoms with van der Waals surface area (Å²) in [7, 11) is 3.15. The van der Waals surface area contributed by atoms with E-state index in [2.05, 4.69) is 5.32 Å². The highest BCUT2D eigenvalue weighted by atomic mass is 16.5. The Bertz CT molecular complexity index is 575. The summed E-state index contributed by atoms with van der Waals surface area (Å²) in [5.74, 6) is -0.345. The number of benzene rings is 1. The second kappa shape index (κ2) is 7.57. The van der Waals surface area contributed by atoms with Crippen LogP contribution in [0.2, 0.25) is 0 Å². The van der Waals surface area contributed by atoms with Crippen molar-refractivity contribution in [3.63, 3.8) is 0 Å². The fraction of sp³-hybridized carbons (Fsp3) is 0.529. The Morgan fingerprint density at radius 1 is 1.43 bits per heavy atom. The Morgan fingerprint density at radius 2 is 2.22 bits per heavy atom. The van der Waals surface area contributed by atoms with Crippen molar-refractivity contribution in [3.8, 4) is 0 Å². The highest BCUT2D eigenvalue weighted by Gasteiger charge is 2.37. The predicted octanol–water partition coefficient (Wildman–Crippen LogP) is 0.936. The van der Waals surface area contributed by atoms with Crippen LogP contribution in [0.3, 0.4) is 0 Å². The second-order valence-electron chi connectivity index (χ2n) is 6.04. The number of hydrogen-bond acceptors (Lipinski definition) is 4. The maximum atomic E-state index is 12.7. The fourth-order valence-electron chi connectivity index (χ4n) is 2.96. The van der Waals surface area contributed by atoms with E-state index in [1.165, 1.54) is 0 Å². The van der Waals surface area contributed by atoms with Gasteiger partial charge in [-0.1, -0.05) is 12.1 Å². The van der Waals surface area contributed by atoms with Crippen molar-refractivity contribution in [2.24, 2.45) is 0 Å². The fourth-order valence-corrected chi connectivity index (χ4v) is 2.96. The summed E-state index contributed by atoms with van der Waals surface area (Å²) in [5, 5.41) is 13.1. The molecule has 2 amide bonds. The van der Waals surface area contributed by atoms with Gasteiger partial charge in [0.15, 0.2) is 0 Å². The number of nitrogens with zero attached hydrogens (tertiary/aromatic N) is 1. The maximum absolute atomic E-state index is 12.7. The Morgan fingerprint density at radius 3 is 2.91 bits per heavy atom. The van der Waals surface area contributed by atoms with Gasteiger partial charge in [-0.15, -0.1) is 0 Å². The van der Waals surface area contributed by atoms with E-state index in [1.54, 1.807) is 31.2 Å². The van der Waals surface area contributed by atoms with Gasteiger partial charge < -0.3 is 20.1 Å². The molecule has 6 nitrogen and oxygen atoms in total. The van der Waals surface area contributed by atoms with Gasteiger partial charge in [0.1, 0.15) is 0 Å². The molecule has 1 unspecified atom stereocenters. The van der Waals surface area contributed by atoms with Gasteiger partial charge in [-0.25, -0.2) is 0 Å². The van der Waals surface area contributed by atoms with E-state index in [1.807, 2.05) is 12.1 Å². The molecule has 0 saturated carbocycles. The Labute approximate surface area is 136 Å². The smallest absolute Gasteiger partial charge is 0.253 e. The molecule has 0 aliphatic carbocycles. The second-order valence-corrected chi connectivity index (χ2v) is 6.04. The average Bonchev–Trinajstić information content (AvgIpc) is 2.54. The lowest BCUT2D eigenvalue weighted by atomic mass is 9.89. The van der Waals surface area contributed by atoms with Crippen molar-refractivity contribution in [2.45, 2.75) is 31.5 Å². The third-order valence-electron chi connectivity index (χ3n) is 4.10. The number of carbonyl (C=O) groups excluding carboxylic acids is 2. The first kappa shape index (κ1) is 17.4. The third-order valence-corrected chi connectivity index (χ3v) is 4.10.